The predicted molar refractivity (Wildman–Crippen MR) is 192 cm³/mol. The molecule has 0 bridgehead atoms. The smallest absolute Gasteiger partial charge is 0.179 e. The van der Waals surface area contributed by atoms with Crippen molar-refractivity contribution in [3.8, 4) is 5.69 Å². The lowest BCUT2D eigenvalue weighted by molar-refractivity contribution is 0.669. The van der Waals surface area contributed by atoms with Gasteiger partial charge in [-0.15, -0.1) is 0 Å². The molecule has 0 fully saturated rings. The molecule has 0 aliphatic rings. The van der Waals surface area contributed by atoms with Crippen molar-refractivity contribution in [3.63, 3.8) is 0 Å². The molecular formula is C42H29NOSi. The number of aromatic nitrogens is 1. The fourth-order valence-electron chi connectivity index (χ4n) is 7.39. The molecule has 9 rings (SSSR count). The van der Waals surface area contributed by atoms with Crippen molar-refractivity contribution < 1.29 is 4.42 Å². The van der Waals surface area contributed by atoms with Gasteiger partial charge in [-0.2, -0.15) is 0 Å². The number of hydrogen-bond acceptors (Lipinski definition) is 1. The Morgan fingerprint density at radius 2 is 0.867 bits per heavy atom. The molecule has 0 amide bonds. The van der Waals surface area contributed by atoms with Crippen LogP contribution >= 0.6 is 0 Å². The first-order valence-electron chi connectivity index (χ1n) is 15.4. The molecule has 0 saturated carbocycles. The number of benzene rings is 7. The molecule has 2 nitrogen and oxygen atoms in total. The fraction of sp³-hybridized carbons (Fsp3) is 0. The third kappa shape index (κ3) is 3.88. The van der Waals surface area contributed by atoms with Gasteiger partial charge in [0.25, 0.3) is 0 Å². The van der Waals surface area contributed by atoms with Crippen molar-refractivity contribution in [2.24, 2.45) is 0 Å². The summed E-state index contributed by atoms with van der Waals surface area (Å²) in [5, 5.41) is 10.1. The molecule has 0 aliphatic carbocycles. The van der Waals surface area contributed by atoms with Crippen LogP contribution in [0.4, 0.5) is 0 Å². The summed E-state index contributed by atoms with van der Waals surface area (Å²) < 4.78 is 8.92. The molecule has 2 heterocycles. The second-order valence-corrected chi connectivity index (χ2v) is 15.5. The lowest BCUT2D eigenvalue weighted by atomic mass is 10.1. The Morgan fingerprint density at radius 1 is 0.356 bits per heavy atom. The zero-order valence-corrected chi connectivity index (χ0v) is 25.6. The molecule has 0 radical (unpaired) electrons. The number of rotatable bonds is 5. The van der Waals surface area contributed by atoms with Crippen molar-refractivity contribution in [3.05, 3.63) is 176 Å². The maximum Gasteiger partial charge on any atom is 0.179 e. The van der Waals surface area contributed by atoms with Crippen LogP contribution in [0, 0.1) is 0 Å². The van der Waals surface area contributed by atoms with Crippen LogP contribution in [0.15, 0.2) is 180 Å². The first-order chi connectivity index (χ1) is 22.3. The average molecular weight is 592 g/mol. The summed E-state index contributed by atoms with van der Waals surface area (Å²) in [6, 6.07) is 64.2. The fourth-order valence-corrected chi connectivity index (χ4v) is 12.1. The van der Waals surface area contributed by atoms with E-state index in [9.17, 15) is 0 Å². The lowest BCUT2D eigenvalue weighted by Crippen LogP contribution is -2.74. The van der Waals surface area contributed by atoms with Crippen LogP contribution < -0.4 is 20.7 Å². The highest BCUT2D eigenvalue weighted by molar-refractivity contribution is 7.20. The van der Waals surface area contributed by atoms with Crippen molar-refractivity contribution in [1.29, 1.82) is 0 Å². The minimum atomic E-state index is -2.83. The van der Waals surface area contributed by atoms with Crippen LogP contribution in [0.1, 0.15) is 0 Å². The van der Waals surface area contributed by atoms with Gasteiger partial charge in [-0.1, -0.05) is 140 Å². The molecule has 2 aromatic heterocycles. The van der Waals surface area contributed by atoms with Crippen LogP contribution in [0.2, 0.25) is 0 Å². The number of nitrogens with zero attached hydrogens (tertiary/aromatic N) is 1. The Morgan fingerprint density at radius 3 is 1.58 bits per heavy atom. The first kappa shape index (κ1) is 25.8. The van der Waals surface area contributed by atoms with Gasteiger partial charge >= 0.3 is 0 Å². The van der Waals surface area contributed by atoms with E-state index in [-0.39, 0.29) is 0 Å². The van der Waals surface area contributed by atoms with Crippen LogP contribution in [0.5, 0.6) is 0 Å². The van der Waals surface area contributed by atoms with Crippen LogP contribution in [-0.2, 0) is 0 Å². The van der Waals surface area contributed by atoms with Gasteiger partial charge in [0.1, 0.15) is 11.2 Å². The van der Waals surface area contributed by atoms with Crippen molar-refractivity contribution >= 4 is 72.6 Å². The zero-order valence-electron chi connectivity index (χ0n) is 24.6. The number of para-hydroxylation sites is 3. The van der Waals surface area contributed by atoms with E-state index >= 15 is 0 Å². The second-order valence-electron chi connectivity index (χ2n) is 11.7. The molecule has 3 heteroatoms. The van der Waals surface area contributed by atoms with Crippen LogP contribution in [0.25, 0.3) is 49.4 Å². The van der Waals surface area contributed by atoms with E-state index < -0.39 is 8.07 Å². The van der Waals surface area contributed by atoms with Gasteiger partial charge < -0.3 is 8.98 Å². The van der Waals surface area contributed by atoms with E-state index in [4.69, 9.17) is 4.42 Å². The SMILES string of the molecule is c1ccc(-n2c3ccccc3c3ccc([Si](c4ccccc4)(c4ccccc4)c4ccc5c(c4)oc4ccccc45)cc32)cc1. The highest BCUT2D eigenvalue weighted by Crippen LogP contribution is 2.32. The van der Waals surface area contributed by atoms with E-state index in [1.54, 1.807) is 0 Å². The molecule has 212 valence electrons. The summed E-state index contributed by atoms with van der Waals surface area (Å²) in [6.45, 7) is 0. The summed E-state index contributed by atoms with van der Waals surface area (Å²) in [4.78, 5) is 0. The molecule has 0 N–H and O–H groups in total. The topological polar surface area (TPSA) is 18.1 Å². The van der Waals surface area contributed by atoms with Crippen molar-refractivity contribution in [2.45, 2.75) is 0 Å². The monoisotopic (exact) mass is 591 g/mol. The lowest BCUT2D eigenvalue weighted by Gasteiger charge is -2.34. The number of furan rings is 1. The third-order valence-electron chi connectivity index (χ3n) is 9.35. The van der Waals surface area contributed by atoms with Crippen molar-refractivity contribution in [2.75, 3.05) is 0 Å². The van der Waals surface area contributed by atoms with E-state index in [0.717, 1.165) is 27.6 Å². The predicted octanol–water partition coefficient (Wildman–Crippen LogP) is 8.06. The van der Waals surface area contributed by atoms with E-state index in [0.29, 0.717) is 0 Å². The largest absolute Gasteiger partial charge is 0.456 e. The molecule has 9 aromatic rings. The maximum absolute atomic E-state index is 6.50. The standard InChI is InChI=1S/C42H29NOSi/c1-4-14-30(15-5-1)43-39-22-12-10-20-35(39)36-26-24-33(28-40(36)43)45(31-16-6-2-7-17-31,32-18-8-3-9-19-32)34-25-27-38-37-21-11-13-23-41(37)44-42(38)29-34/h1-29H. The molecular weight excluding hydrogens is 563 g/mol. The van der Waals surface area contributed by atoms with Gasteiger partial charge in [-0.3, -0.25) is 0 Å². The van der Waals surface area contributed by atoms with E-state index in [1.807, 2.05) is 6.07 Å². The quantitative estimate of drug-likeness (QED) is 0.146. The number of hydrogen-bond donors (Lipinski definition) is 0. The first-order valence-corrected chi connectivity index (χ1v) is 17.4. The highest BCUT2D eigenvalue weighted by atomic mass is 28.3. The van der Waals surface area contributed by atoms with Crippen molar-refractivity contribution in [1.82, 2.24) is 4.57 Å². The van der Waals surface area contributed by atoms with E-state index in [2.05, 4.69) is 174 Å². The molecule has 0 aliphatic heterocycles. The normalized spacial score (nSPS) is 12.0. The third-order valence-corrected chi connectivity index (χ3v) is 14.1. The molecule has 7 aromatic carbocycles. The van der Waals surface area contributed by atoms with Gasteiger partial charge in [-0.05, 0) is 57.1 Å². The Labute approximate surface area is 262 Å². The number of fused-ring (bicyclic) bond motifs is 6. The highest BCUT2D eigenvalue weighted by Gasteiger charge is 2.42. The van der Waals surface area contributed by atoms with Gasteiger partial charge in [0.05, 0.1) is 11.0 Å². The van der Waals surface area contributed by atoms with Gasteiger partial charge in [-0.25, -0.2) is 0 Å². The second kappa shape index (κ2) is 10.2. The molecule has 0 unspecified atom stereocenters. The minimum absolute atomic E-state index is 0.921. The Balaban J connectivity index is 1.42. The van der Waals surface area contributed by atoms with Gasteiger partial charge in [0, 0.05) is 27.2 Å². The summed E-state index contributed by atoms with van der Waals surface area (Å²) in [7, 11) is -2.83. The Kier molecular flexibility index (Phi) is 5.87. The summed E-state index contributed by atoms with van der Waals surface area (Å²) >= 11 is 0. The summed E-state index contributed by atoms with van der Waals surface area (Å²) in [5.74, 6) is 0. The molecule has 45 heavy (non-hydrogen) atoms. The van der Waals surface area contributed by atoms with E-state index in [1.165, 1.54) is 42.6 Å². The summed E-state index contributed by atoms with van der Waals surface area (Å²) in [5.41, 5.74) is 5.44. The van der Waals surface area contributed by atoms with Crippen LogP contribution in [-0.4, -0.2) is 12.6 Å². The minimum Gasteiger partial charge on any atom is -0.456 e. The summed E-state index contributed by atoms with van der Waals surface area (Å²) in [6.07, 6.45) is 0. The van der Waals surface area contributed by atoms with Gasteiger partial charge in [0.15, 0.2) is 8.07 Å². The average Bonchev–Trinajstić information content (AvgIpc) is 3.65. The maximum atomic E-state index is 6.50. The zero-order chi connectivity index (χ0) is 29.8. The van der Waals surface area contributed by atoms with Gasteiger partial charge in [0.2, 0.25) is 0 Å². The molecule has 0 atom stereocenters. The van der Waals surface area contributed by atoms with Crippen LogP contribution in [0.3, 0.4) is 0 Å². The Bertz CT molecular complexity index is 2440. The Hall–Kier alpha value is -5.64. The molecule has 0 saturated heterocycles. The molecule has 0 spiro atoms.